The third kappa shape index (κ3) is 3.20. The molecule has 1 heterocycles. The Morgan fingerprint density at radius 3 is 2.73 bits per heavy atom. The molecule has 1 N–H and O–H groups in total. The standard InChI is InChI=1S/C15H15N3O4/c1-10(19)16-15-13(7-4-8-17(15)2)14(20)11-5-3-6-12(9-11)18(21)22/h3-7,9H,8H2,1-2H3,(H,16,19). The monoisotopic (exact) mass is 301 g/mol. The molecule has 1 aliphatic rings. The molecule has 114 valence electrons. The highest BCUT2D eigenvalue weighted by Crippen LogP contribution is 2.21. The van der Waals surface area contributed by atoms with Gasteiger partial charge in [0.25, 0.3) is 5.69 Å². The first-order valence-corrected chi connectivity index (χ1v) is 6.59. The maximum Gasteiger partial charge on any atom is 0.270 e. The maximum absolute atomic E-state index is 12.6. The Bertz CT molecular complexity index is 706. The molecule has 1 aliphatic heterocycles. The van der Waals surface area contributed by atoms with Crippen molar-refractivity contribution in [3.05, 3.63) is 63.5 Å². The number of carbonyl (C=O) groups excluding carboxylic acids is 2. The summed E-state index contributed by atoms with van der Waals surface area (Å²) >= 11 is 0. The summed E-state index contributed by atoms with van der Waals surface area (Å²) in [6, 6.07) is 5.52. The van der Waals surface area contributed by atoms with Gasteiger partial charge in [0.1, 0.15) is 5.82 Å². The summed E-state index contributed by atoms with van der Waals surface area (Å²) in [4.78, 5) is 35.9. The molecule has 1 aromatic carbocycles. The van der Waals surface area contributed by atoms with E-state index in [4.69, 9.17) is 0 Å². The average molecular weight is 301 g/mol. The van der Waals surface area contributed by atoms with Crippen LogP contribution >= 0.6 is 0 Å². The first-order valence-electron chi connectivity index (χ1n) is 6.59. The van der Waals surface area contributed by atoms with Crippen molar-refractivity contribution < 1.29 is 14.5 Å². The number of ketones is 1. The van der Waals surface area contributed by atoms with E-state index in [0.29, 0.717) is 17.9 Å². The summed E-state index contributed by atoms with van der Waals surface area (Å²) in [6.07, 6.45) is 3.41. The van der Waals surface area contributed by atoms with Crippen LogP contribution in [-0.2, 0) is 4.79 Å². The fourth-order valence-corrected chi connectivity index (χ4v) is 2.13. The number of rotatable bonds is 4. The van der Waals surface area contributed by atoms with E-state index in [-0.39, 0.29) is 22.9 Å². The number of hydrogen-bond donors (Lipinski definition) is 1. The number of carbonyl (C=O) groups is 2. The lowest BCUT2D eigenvalue weighted by molar-refractivity contribution is -0.384. The minimum atomic E-state index is -0.553. The van der Waals surface area contributed by atoms with Crippen LogP contribution < -0.4 is 5.32 Å². The van der Waals surface area contributed by atoms with Crippen LogP contribution in [0.5, 0.6) is 0 Å². The molecule has 0 aromatic heterocycles. The molecule has 2 rings (SSSR count). The number of nitro benzene ring substituents is 1. The first kappa shape index (κ1) is 15.4. The van der Waals surface area contributed by atoms with Crippen molar-refractivity contribution in [2.75, 3.05) is 13.6 Å². The second-order valence-electron chi connectivity index (χ2n) is 4.86. The summed E-state index contributed by atoms with van der Waals surface area (Å²) in [5.74, 6) is -0.275. The van der Waals surface area contributed by atoms with E-state index >= 15 is 0 Å². The molecule has 0 saturated heterocycles. The van der Waals surface area contributed by atoms with Crippen molar-refractivity contribution in [2.24, 2.45) is 0 Å². The number of nitrogens with zero attached hydrogens (tertiary/aromatic N) is 2. The Hall–Kier alpha value is -2.96. The second-order valence-corrected chi connectivity index (χ2v) is 4.86. The molecule has 7 heteroatoms. The Balaban J connectivity index is 2.45. The van der Waals surface area contributed by atoms with Gasteiger partial charge in [-0.3, -0.25) is 19.7 Å². The zero-order valence-electron chi connectivity index (χ0n) is 12.2. The molecule has 1 aromatic rings. The molecule has 0 fully saturated rings. The molecule has 0 bridgehead atoms. The summed E-state index contributed by atoms with van der Waals surface area (Å²) in [5, 5.41) is 13.4. The lowest BCUT2D eigenvalue weighted by Gasteiger charge is -2.26. The number of amides is 1. The van der Waals surface area contributed by atoms with E-state index in [1.807, 2.05) is 0 Å². The summed E-state index contributed by atoms with van der Waals surface area (Å²) in [7, 11) is 1.75. The van der Waals surface area contributed by atoms with E-state index in [2.05, 4.69) is 5.32 Å². The quantitative estimate of drug-likeness (QED) is 0.518. The summed E-state index contributed by atoms with van der Waals surface area (Å²) in [5.41, 5.74) is 0.345. The van der Waals surface area contributed by atoms with Crippen molar-refractivity contribution in [3.63, 3.8) is 0 Å². The van der Waals surface area contributed by atoms with Gasteiger partial charge in [-0.05, 0) is 6.08 Å². The first-order chi connectivity index (χ1) is 10.4. The number of Topliss-reactive ketones (excluding diaryl/α,β-unsaturated/α-hetero) is 1. The molecule has 0 spiro atoms. The number of benzene rings is 1. The Morgan fingerprint density at radius 2 is 2.09 bits per heavy atom. The van der Waals surface area contributed by atoms with E-state index in [1.165, 1.54) is 31.2 Å². The molecule has 0 radical (unpaired) electrons. The van der Waals surface area contributed by atoms with Crippen LogP contribution in [0, 0.1) is 10.1 Å². The Kier molecular flexibility index (Phi) is 4.36. The van der Waals surface area contributed by atoms with Crippen LogP contribution in [0.15, 0.2) is 47.8 Å². The topological polar surface area (TPSA) is 92.5 Å². The third-order valence-corrected chi connectivity index (χ3v) is 3.16. The van der Waals surface area contributed by atoms with Crippen molar-refractivity contribution >= 4 is 17.4 Å². The second kappa shape index (κ2) is 6.21. The van der Waals surface area contributed by atoms with Crippen LogP contribution in [0.4, 0.5) is 5.69 Å². The number of nitro groups is 1. The largest absolute Gasteiger partial charge is 0.357 e. The van der Waals surface area contributed by atoms with Crippen LogP contribution in [-0.4, -0.2) is 35.1 Å². The zero-order chi connectivity index (χ0) is 16.3. The number of hydrogen-bond acceptors (Lipinski definition) is 5. The minimum absolute atomic E-state index is 0.152. The minimum Gasteiger partial charge on any atom is -0.357 e. The Morgan fingerprint density at radius 1 is 1.36 bits per heavy atom. The van der Waals surface area contributed by atoms with Gasteiger partial charge in [0.05, 0.1) is 10.5 Å². The van der Waals surface area contributed by atoms with Gasteiger partial charge in [-0.1, -0.05) is 18.2 Å². The zero-order valence-corrected chi connectivity index (χ0v) is 12.2. The predicted octanol–water partition coefficient (Wildman–Crippen LogP) is 1.63. The number of allylic oxidation sites excluding steroid dienone is 2. The normalized spacial score (nSPS) is 14.0. The highest BCUT2D eigenvalue weighted by Gasteiger charge is 2.22. The molecule has 0 saturated carbocycles. The fraction of sp³-hybridized carbons (Fsp3) is 0.200. The van der Waals surface area contributed by atoms with Gasteiger partial charge in [0.15, 0.2) is 5.78 Å². The van der Waals surface area contributed by atoms with E-state index in [9.17, 15) is 19.7 Å². The average Bonchev–Trinajstić information content (AvgIpc) is 2.48. The fourth-order valence-electron chi connectivity index (χ4n) is 2.13. The number of likely N-dealkylation sites (N-methyl/N-ethyl adjacent to an activating group) is 1. The van der Waals surface area contributed by atoms with Crippen LogP contribution in [0.1, 0.15) is 17.3 Å². The lowest BCUT2D eigenvalue weighted by Crippen LogP contribution is -2.36. The highest BCUT2D eigenvalue weighted by molar-refractivity contribution is 6.11. The van der Waals surface area contributed by atoms with E-state index in [0.717, 1.165) is 0 Å². The van der Waals surface area contributed by atoms with Crippen LogP contribution in [0.2, 0.25) is 0 Å². The van der Waals surface area contributed by atoms with Crippen LogP contribution in [0.25, 0.3) is 0 Å². The SMILES string of the molecule is CC(=O)NC1=C(C(=O)c2cccc([N+](=O)[O-])c2)C=CCN1C. The number of nitrogens with one attached hydrogen (secondary N) is 1. The van der Waals surface area contributed by atoms with Crippen molar-refractivity contribution in [3.8, 4) is 0 Å². The van der Waals surface area contributed by atoms with Gasteiger partial charge >= 0.3 is 0 Å². The molecule has 0 atom stereocenters. The summed E-state index contributed by atoms with van der Waals surface area (Å²) in [6.45, 7) is 1.91. The third-order valence-electron chi connectivity index (χ3n) is 3.16. The molecule has 0 unspecified atom stereocenters. The van der Waals surface area contributed by atoms with Gasteiger partial charge in [0, 0.05) is 38.2 Å². The molecule has 1 amide bonds. The van der Waals surface area contributed by atoms with Gasteiger partial charge in [0.2, 0.25) is 5.91 Å². The number of non-ortho nitro benzene ring substituents is 1. The maximum atomic E-state index is 12.6. The molecule has 0 aliphatic carbocycles. The van der Waals surface area contributed by atoms with E-state index < -0.39 is 4.92 Å². The van der Waals surface area contributed by atoms with Crippen molar-refractivity contribution in [1.29, 1.82) is 0 Å². The molecular formula is C15H15N3O4. The van der Waals surface area contributed by atoms with Gasteiger partial charge < -0.3 is 10.2 Å². The molecule has 22 heavy (non-hydrogen) atoms. The summed E-state index contributed by atoms with van der Waals surface area (Å²) < 4.78 is 0. The van der Waals surface area contributed by atoms with Gasteiger partial charge in [-0.25, -0.2) is 0 Å². The predicted molar refractivity (Wildman–Crippen MR) is 80.0 cm³/mol. The van der Waals surface area contributed by atoms with E-state index in [1.54, 1.807) is 24.1 Å². The van der Waals surface area contributed by atoms with Gasteiger partial charge in [-0.2, -0.15) is 0 Å². The van der Waals surface area contributed by atoms with Crippen molar-refractivity contribution in [1.82, 2.24) is 10.2 Å². The smallest absolute Gasteiger partial charge is 0.270 e. The van der Waals surface area contributed by atoms with Crippen LogP contribution in [0.3, 0.4) is 0 Å². The van der Waals surface area contributed by atoms with Gasteiger partial charge in [-0.15, -0.1) is 0 Å². The molecular weight excluding hydrogens is 286 g/mol. The lowest BCUT2D eigenvalue weighted by atomic mass is 10.0. The molecule has 7 nitrogen and oxygen atoms in total. The highest BCUT2D eigenvalue weighted by atomic mass is 16.6. The van der Waals surface area contributed by atoms with Crippen molar-refractivity contribution in [2.45, 2.75) is 6.92 Å². The Labute approximate surface area is 127 Å².